The largest absolute Gasteiger partial charge is 0.488 e. The van der Waals surface area contributed by atoms with Gasteiger partial charge in [0.15, 0.2) is 0 Å². The molecular formula is C13H18N2O3. The van der Waals surface area contributed by atoms with E-state index in [4.69, 9.17) is 4.74 Å². The lowest BCUT2D eigenvalue weighted by Crippen LogP contribution is -2.29. The molecule has 0 bridgehead atoms. The fraction of sp³-hybridized carbons (Fsp3) is 0.538. The van der Waals surface area contributed by atoms with Crippen LogP contribution in [0.15, 0.2) is 16.9 Å². The Hall–Kier alpha value is -1.78. The predicted molar refractivity (Wildman–Crippen MR) is 67.7 cm³/mol. The first-order chi connectivity index (χ1) is 8.47. The second-order valence-corrected chi connectivity index (χ2v) is 4.72. The van der Waals surface area contributed by atoms with Gasteiger partial charge in [0.25, 0.3) is 5.56 Å². The summed E-state index contributed by atoms with van der Waals surface area (Å²) in [6, 6.07) is 3.33. The Balaban J connectivity index is 2.07. The van der Waals surface area contributed by atoms with Gasteiger partial charge in [0.1, 0.15) is 11.9 Å². The molecule has 1 aliphatic heterocycles. The number of hydrogen-bond donors (Lipinski definition) is 0. The van der Waals surface area contributed by atoms with Crippen LogP contribution in [0.25, 0.3) is 0 Å². The molecule has 1 aromatic heterocycles. The molecule has 1 aliphatic rings. The van der Waals surface area contributed by atoms with Gasteiger partial charge in [-0.25, -0.2) is 0 Å². The molecule has 2 rings (SSSR count). The van der Waals surface area contributed by atoms with Crippen LogP contribution in [0.4, 0.5) is 0 Å². The average Bonchev–Trinajstić information content (AvgIpc) is 2.74. The maximum absolute atomic E-state index is 11.6. The third-order valence-corrected chi connectivity index (χ3v) is 3.37. The highest BCUT2D eigenvalue weighted by Gasteiger charge is 2.25. The first-order valence-corrected chi connectivity index (χ1v) is 6.07. The summed E-state index contributed by atoms with van der Waals surface area (Å²) in [5.74, 6) is 0.659. The zero-order chi connectivity index (χ0) is 13.3. The molecule has 1 aromatic rings. The number of carbonyl (C=O) groups is 1. The van der Waals surface area contributed by atoms with Crippen molar-refractivity contribution < 1.29 is 9.53 Å². The van der Waals surface area contributed by atoms with Crippen LogP contribution in [0.1, 0.15) is 19.0 Å². The van der Waals surface area contributed by atoms with E-state index in [0.29, 0.717) is 12.3 Å². The third-order valence-electron chi connectivity index (χ3n) is 3.37. The minimum atomic E-state index is -0.0774. The van der Waals surface area contributed by atoms with Crippen molar-refractivity contribution in [3.8, 4) is 5.75 Å². The van der Waals surface area contributed by atoms with Gasteiger partial charge in [-0.3, -0.25) is 9.59 Å². The van der Waals surface area contributed by atoms with Gasteiger partial charge in [-0.05, 0) is 13.0 Å². The van der Waals surface area contributed by atoms with E-state index in [-0.39, 0.29) is 17.6 Å². The second-order valence-electron chi connectivity index (χ2n) is 4.72. The molecule has 0 N–H and O–H groups in total. The van der Waals surface area contributed by atoms with Crippen molar-refractivity contribution in [2.45, 2.75) is 26.4 Å². The first-order valence-electron chi connectivity index (χ1n) is 6.07. The minimum Gasteiger partial charge on any atom is -0.488 e. The molecule has 0 spiro atoms. The van der Waals surface area contributed by atoms with Crippen molar-refractivity contribution in [2.75, 3.05) is 13.1 Å². The van der Waals surface area contributed by atoms with Crippen LogP contribution in [-0.2, 0) is 11.8 Å². The smallest absolute Gasteiger partial charge is 0.254 e. The highest BCUT2D eigenvalue weighted by atomic mass is 16.5. The lowest BCUT2D eigenvalue weighted by molar-refractivity contribution is -0.128. The van der Waals surface area contributed by atoms with Crippen molar-refractivity contribution in [3.05, 3.63) is 28.2 Å². The van der Waals surface area contributed by atoms with Crippen molar-refractivity contribution in [1.29, 1.82) is 0 Å². The Labute approximate surface area is 106 Å². The maximum Gasteiger partial charge on any atom is 0.254 e. The summed E-state index contributed by atoms with van der Waals surface area (Å²) in [4.78, 5) is 24.6. The maximum atomic E-state index is 11.6. The molecule has 2 heterocycles. The lowest BCUT2D eigenvalue weighted by Gasteiger charge is -2.16. The summed E-state index contributed by atoms with van der Waals surface area (Å²) in [7, 11) is 1.73. The van der Waals surface area contributed by atoms with E-state index in [2.05, 4.69) is 0 Å². The zero-order valence-corrected chi connectivity index (χ0v) is 11.0. The normalized spacial score (nSPS) is 19.1. The predicted octanol–water partition coefficient (Wildman–Crippen LogP) is 0.693. The van der Waals surface area contributed by atoms with E-state index in [1.807, 2.05) is 13.0 Å². The molecule has 1 amide bonds. The molecule has 0 radical (unpaired) electrons. The Kier molecular flexibility index (Phi) is 3.41. The van der Waals surface area contributed by atoms with Gasteiger partial charge in [0.05, 0.1) is 6.54 Å². The van der Waals surface area contributed by atoms with Crippen LogP contribution in [0.3, 0.4) is 0 Å². The Bertz CT molecular complexity index is 521. The molecule has 0 aliphatic carbocycles. The van der Waals surface area contributed by atoms with Crippen molar-refractivity contribution in [1.82, 2.24) is 9.47 Å². The summed E-state index contributed by atoms with van der Waals surface area (Å²) >= 11 is 0. The summed E-state index contributed by atoms with van der Waals surface area (Å²) < 4.78 is 7.34. The number of carbonyl (C=O) groups excluding carboxylic acids is 1. The molecule has 1 atom stereocenters. The zero-order valence-electron chi connectivity index (χ0n) is 11.0. The first kappa shape index (κ1) is 12.7. The molecule has 1 saturated heterocycles. The molecule has 5 heteroatoms. The standard InChI is InChI=1S/C13H18N2O3/c1-9-6-12(7-13(17)14(9)3)18-11-4-5-15(8-11)10(2)16/h6-7,11H,4-5,8H2,1-3H3. The number of rotatable bonds is 2. The highest BCUT2D eigenvalue weighted by molar-refractivity contribution is 5.73. The van der Waals surface area contributed by atoms with Crippen molar-refractivity contribution >= 4 is 5.91 Å². The van der Waals surface area contributed by atoms with E-state index in [9.17, 15) is 9.59 Å². The van der Waals surface area contributed by atoms with E-state index >= 15 is 0 Å². The van der Waals surface area contributed by atoms with Gasteiger partial charge < -0.3 is 14.2 Å². The fourth-order valence-corrected chi connectivity index (χ4v) is 2.11. The summed E-state index contributed by atoms with van der Waals surface area (Å²) in [6.07, 6.45) is 0.800. The van der Waals surface area contributed by atoms with Crippen LogP contribution in [-0.4, -0.2) is 34.6 Å². The number of aryl methyl sites for hydroxylation is 1. The van der Waals surface area contributed by atoms with E-state index in [1.54, 1.807) is 23.4 Å². The summed E-state index contributed by atoms with van der Waals surface area (Å²) in [5.41, 5.74) is 0.783. The van der Waals surface area contributed by atoms with Gasteiger partial charge >= 0.3 is 0 Å². The monoisotopic (exact) mass is 250 g/mol. The molecule has 5 nitrogen and oxygen atoms in total. The van der Waals surface area contributed by atoms with E-state index in [0.717, 1.165) is 18.7 Å². The Morgan fingerprint density at radius 3 is 2.72 bits per heavy atom. The Morgan fingerprint density at radius 2 is 2.17 bits per heavy atom. The molecule has 0 saturated carbocycles. The minimum absolute atomic E-state index is 0.0135. The molecule has 1 unspecified atom stereocenters. The number of ether oxygens (including phenoxy) is 1. The molecule has 98 valence electrons. The summed E-state index contributed by atoms with van der Waals surface area (Å²) in [6.45, 7) is 4.75. The van der Waals surface area contributed by atoms with Crippen LogP contribution in [0, 0.1) is 6.92 Å². The van der Waals surface area contributed by atoms with Gasteiger partial charge in [0.2, 0.25) is 5.91 Å². The van der Waals surface area contributed by atoms with E-state index in [1.165, 1.54) is 6.07 Å². The van der Waals surface area contributed by atoms with E-state index < -0.39 is 0 Å². The molecule has 18 heavy (non-hydrogen) atoms. The van der Waals surface area contributed by atoms with Gasteiger partial charge in [0, 0.05) is 38.7 Å². The van der Waals surface area contributed by atoms with Crippen LogP contribution in [0.2, 0.25) is 0 Å². The van der Waals surface area contributed by atoms with Crippen LogP contribution >= 0.6 is 0 Å². The van der Waals surface area contributed by atoms with Gasteiger partial charge in [-0.15, -0.1) is 0 Å². The topological polar surface area (TPSA) is 51.5 Å². The number of nitrogens with zero attached hydrogens (tertiary/aromatic N) is 2. The Morgan fingerprint density at radius 1 is 1.44 bits per heavy atom. The number of pyridine rings is 1. The summed E-state index contributed by atoms with van der Waals surface area (Å²) in [5, 5.41) is 0. The highest BCUT2D eigenvalue weighted by Crippen LogP contribution is 2.17. The molecule has 0 aromatic carbocycles. The van der Waals surface area contributed by atoms with Crippen LogP contribution < -0.4 is 10.3 Å². The average molecular weight is 250 g/mol. The van der Waals surface area contributed by atoms with Crippen LogP contribution in [0.5, 0.6) is 5.75 Å². The number of likely N-dealkylation sites (tertiary alicyclic amines) is 1. The second kappa shape index (κ2) is 4.84. The van der Waals surface area contributed by atoms with Crippen molar-refractivity contribution in [3.63, 3.8) is 0 Å². The fourth-order valence-electron chi connectivity index (χ4n) is 2.11. The quantitative estimate of drug-likeness (QED) is 0.776. The molecule has 1 fully saturated rings. The van der Waals surface area contributed by atoms with Gasteiger partial charge in [-0.1, -0.05) is 0 Å². The molecular weight excluding hydrogens is 232 g/mol. The van der Waals surface area contributed by atoms with Gasteiger partial charge in [-0.2, -0.15) is 0 Å². The number of hydrogen-bond acceptors (Lipinski definition) is 3. The third kappa shape index (κ3) is 2.55. The lowest BCUT2D eigenvalue weighted by atomic mass is 10.3. The SMILES string of the molecule is CC(=O)N1CCC(Oc2cc(C)n(C)c(=O)c2)C1. The number of amides is 1. The van der Waals surface area contributed by atoms with Crippen molar-refractivity contribution in [2.24, 2.45) is 7.05 Å². The number of aromatic nitrogens is 1.